The molecule has 40 heavy (non-hydrogen) atoms. The number of aromatic hydroxyl groups is 2. The quantitative estimate of drug-likeness (QED) is 0.311. The highest BCUT2D eigenvalue weighted by molar-refractivity contribution is 5.92. The molecule has 0 aromatic heterocycles. The van der Waals surface area contributed by atoms with E-state index in [1.165, 1.54) is 24.3 Å². The first-order valence-corrected chi connectivity index (χ1v) is 14.1. The van der Waals surface area contributed by atoms with Gasteiger partial charge in [0.1, 0.15) is 29.2 Å². The minimum atomic E-state index is -1.03. The monoisotopic (exact) mass is 553 g/mol. The van der Waals surface area contributed by atoms with Gasteiger partial charge in [-0.25, -0.2) is 4.79 Å². The van der Waals surface area contributed by atoms with E-state index < -0.39 is 29.7 Å². The molecule has 0 spiro atoms. The molecule has 1 aliphatic rings. The van der Waals surface area contributed by atoms with Crippen LogP contribution in [0.25, 0.3) is 0 Å². The van der Waals surface area contributed by atoms with Gasteiger partial charge in [-0.05, 0) is 88.8 Å². The van der Waals surface area contributed by atoms with Crippen LogP contribution < -0.4 is 10.6 Å². The molecule has 0 radical (unpaired) electrons. The minimum Gasteiger partial charge on any atom is -0.508 e. The molecule has 9 heteroatoms. The number of carbonyl (C=O) groups is 3. The topological polar surface area (TPSA) is 128 Å². The van der Waals surface area contributed by atoms with Crippen molar-refractivity contribution in [3.63, 3.8) is 0 Å². The number of phenolic OH excluding ortho intramolecular Hbond substituents is 2. The zero-order valence-electron chi connectivity index (χ0n) is 24.1. The maximum Gasteiger partial charge on any atom is 0.408 e. The Morgan fingerprint density at radius 3 is 2.05 bits per heavy atom. The van der Waals surface area contributed by atoms with Gasteiger partial charge in [-0.3, -0.25) is 9.59 Å². The molecule has 218 valence electrons. The normalized spacial score (nSPS) is 15.7. The summed E-state index contributed by atoms with van der Waals surface area (Å²) in [5.74, 6) is -0.568. The Morgan fingerprint density at radius 1 is 0.975 bits per heavy atom. The van der Waals surface area contributed by atoms with E-state index in [-0.39, 0.29) is 35.9 Å². The second kappa shape index (κ2) is 13.5. The van der Waals surface area contributed by atoms with Crippen molar-refractivity contribution < 1.29 is 29.3 Å². The van der Waals surface area contributed by atoms with E-state index in [1.807, 2.05) is 13.8 Å². The summed E-state index contributed by atoms with van der Waals surface area (Å²) in [5.41, 5.74) is 0.524. The third-order valence-electron chi connectivity index (χ3n) is 6.93. The molecule has 0 bridgehead atoms. The Morgan fingerprint density at radius 2 is 1.55 bits per heavy atom. The summed E-state index contributed by atoms with van der Waals surface area (Å²) in [6.45, 7) is 9.20. The smallest absolute Gasteiger partial charge is 0.408 e. The Bertz CT molecular complexity index is 1140. The van der Waals surface area contributed by atoms with Gasteiger partial charge in [-0.1, -0.05) is 37.6 Å². The van der Waals surface area contributed by atoms with Crippen molar-refractivity contribution in [3.8, 4) is 11.5 Å². The van der Waals surface area contributed by atoms with Crippen molar-refractivity contribution in [2.45, 2.75) is 103 Å². The Labute approximate surface area is 236 Å². The second-order valence-corrected chi connectivity index (χ2v) is 11.6. The first kappa shape index (κ1) is 30.8. The van der Waals surface area contributed by atoms with E-state index in [4.69, 9.17) is 4.74 Å². The molecule has 2 aromatic rings. The Hall–Kier alpha value is -3.75. The van der Waals surface area contributed by atoms with Crippen LogP contribution in [0.15, 0.2) is 48.5 Å². The zero-order chi connectivity index (χ0) is 29.4. The van der Waals surface area contributed by atoms with Gasteiger partial charge in [0.15, 0.2) is 0 Å². The zero-order valence-corrected chi connectivity index (χ0v) is 24.1. The lowest BCUT2D eigenvalue weighted by Gasteiger charge is -2.44. The minimum absolute atomic E-state index is 0.0561. The number of amides is 3. The molecule has 1 saturated carbocycles. The maximum absolute atomic E-state index is 14.4. The SMILES string of the molecule is CCCC(C)NC(=O)C(c1ccc(O)cc1)N(C(=O)C(Cc1ccc(O)cc1)NC(=O)OC(C)(C)C)C1CCC1. The number of hydrogen-bond acceptors (Lipinski definition) is 6. The van der Waals surface area contributed by atoms with Gasteiger partial charge in [0.25, 0.3) is 0 Å². The number of ether oxygens (including phenoxy) is 1. The summed E-state index contributed by atoms with van der Waals surface area (Å²) in [6.07, 6.45) is 3.47. The molecule has 1 aliphatic carbocycles. The number of rotatable bonds is 11. The number of hydrogen-bond donors (Lipinski definition) is 4. The lowest BCUT2D eigenvalue weighted by Crippen LogP contribution is -2.58. The van der Waals surface area contributed by atoms with E-state index in [1.54, 1.807) is 49.9 Å². The van der Waals surface area contributed by atoms with Crippen LogP contribution in [0.1, 0.15) is 83.9 Å². The fourth-order valence-electron chi connectivity index (χ4n) is 4.80. The summed E-state index contributed by atoms with van der Waals surface area (Å²) in [4.78, 5) is 42.7. The molecular weight excluding hydrogens is 510 g/mol. The average Bonchev–Trinajstić information content (AvgIpc) is 2.83. The molecule has 1 fully saturated rings. The van der Waals surface area contributed by atoms with Crippen LogP contribution >= 0.6 is 0 Å². The van der Waals surface area contributed by atoms with Crippen LogP contribution in [0.5, 0.6) is 11.5 Å². The molecule has 0 saturated heterocycles. The Balaban J connectivity index is 2.02. The molecule has 2 aromatic carbocycles. The van der Waals surface area contributed by atoms with Crippen LogP contribution in [0.2, 0.25) is 0 Å². The van der Waals surface area contributed by atoms with Gasteiger partial charge in [0.05, 0.1) is 0 Å². The summed E-state index contributed by atoms with van der Waals surface area (Å²) >= 11 is 0. The predicted octanol–water partition coefficient (Wildman–Crippen LogP) is 4.96. The summed E-state index contributed by atoms with van der Waals surface area (Å²) < 4.78 is 5.47. The van der Waals surface area contributed by atoms with Gasteiger partial charge < -0.3 is 30.5 Å². The first-order chi connectivity index (χ1) is 18.9. The lowest BCUT2D eigenvalue weighted by molar-refractivity contribution is -0.147. The highest BCUT2D eigenvalue weighted by Crippen LogP contribution is 2.34. The van der Waals surface area contributed by atoms with E-state index in [0.717, 1.165) is 37.7 Å². The Kier molecular flexibility index (Phi) is 10.4. The second-order valence-electron chi connectivity index (χ2n) is 11.6. The number of phenols is 2. The fourth-order valence-corrected chi connectivity index (χ4v) is 4.80. The molecule has 0 heterocycles. The third-order valence-corrected chi connectivity index (χ3v) is 6.93. The number of carbonyl (C=O) groups excluding carboxylic acids is 3. The molecule has 9 nitrogen and oxygen atoms in total. The predicted molar refractivity (Wildman–Crippen MR) is 153 cm³/mol. The van der Waals surface area contributed by atoms with Crippen LogP contribution in [0.3, 0.4) is 0 Å². The molecule has 0 aliphatic heterocycles. The van der Waals surface area contributed by atoms with Gasteiger partial charge in [-0.15, -0.1) is 0 Å². The molecule has 4 N–H and O–H groups in total. The van der Waals surface area contributed by atoms with Crippen molar-refractivity contribution in [2.75, 3.05) is 0 Å². The average molecular weight is 554 g/mol. The number of nitrogens with one attached hydrogen (secondary N) is 2. The van der Waals surface area contributed by atoms with Crippen molar-refractivity contribution in [3.05, 3.63) is 59.7 Å². The van der Waals surface area contributed by atoms with Gasteiger partial charge in [-0.2, -0.15) is 0 Å². The van der Waals surface area contributed by atoms with E-state index in [0.29, 0.717) is 5.56 Å². The largest absolute Gasteiger partial charge is 0.508 e. The summed E-state index contributed by atoms with van der Waals surface area (Å²) in [7, 11) is 0. The van der Waals surface area contributed by atoms with E-state index >= 15 is 0 Å². The summed E-state index contributed by atoms with van der Waals surface area (Å²) in [5, 5.41) is 25.5. The molecule has 3 amide bonds. The van der Waals surface area contributed by atoms with Gasteiger partial charge in [0.2, 0.25) is 11.8 Å². The first-order valence-electron chi connectivity index (χ1n) is 14.1. The lowest BCUT2D eigenvalue weighted by atomic mass is 9.87. The van der Waals surface area contributed by atoms with Gasteiger partial charge >= 0.3 is 6.09 Å². The molecule has 3 atom stereocenters. The summed E-state index contributed by atoms with van der Waals surface area (Å²) in [6, 6.07) is 10.5. The third kappa shape index (κ3) is 8.63. The van der Waals surface area contributed by atoms with Crippen molar-refractivity contribution in [2.24, 2.45) is 0 Å². The van der Waals surface area contributed by atoms with Crippen molar-refractivity contribution in [1.29, 1.82) is 0 Å². The van der Waals surface area contributed by atoms with Crippen molar-refractivity contribution >= 4 is 17.9 Å². The van der Waals surface area contributed by atoms with E-state index in [2.05, 4.69) is 10.6 Å². The standard InChI is InChI=1S/C31H43N3O6/c1-6-8-20(2)32-28(37)27(22-13-17-25(36)18-14-22)34(23-9-7-10-23)29(38)26(33-30(39)40-31(3,4)5)19-21-11-15-24(35)16-12-21/h11-18,20,23,26-27,35-36H,6-10,19H2,1-5H3,(H,32,37)(H,33,39). The highest BCUT2D eigenvalue weighted by Gasteiger charge is 2.42. The number of alkyl carbamates (subject to hydrolysis) is 1. The van der Waals surface area contributed by atoms with Crippen LogP contribution in [-0.4, -0.2) is 56.7 Å². The molecule has 3 rings (SSSR count). The number of nitrogens with zero attached hydrogens (tertiary/aromatic N) is 1. The molecule has 3 unspecified atom stereocenters. The van der Waals surface area contributed by atoms with Crippen molar-refractivity contribution in [1.82, 2.24) is 15.5 Å². The van der Waals surface area contributed by atoms with Crippen LogP contribution in [0, 0.1) is 0 Å². The number of benzene rings is 2. The fraction of sp³-hybridized carbons (Fsp3) is 0.516. The van der Waals surface area contributed by atoms with E-state index in [9.17, 15) is 24.6 Å². The van der Waals surface area contributed by atoms with Crippen LogP contribution in [-0.2, 0) is 20.7 Å². The van der Waals surface area contributed by atoms with Gasteiger partial charge in [0, 0.05) is 18.5 Å². The molecular formula is C31H43N3O6. The highest BCUT2D eigenvalue weighted by atomic mass is 16.6. The maximum atomic E-state index is 14.4. The van der Waals surface area contributed by atoms with Crippen LogP contribution in [0.4, 0.5) is 4.79 Å².